The Labute approximate surface area is 227 Å². The van der Waals surface area contributed by atoms with Crippen LogP contribution in [0, 0.1) is 16.5 Å². The molecule has 3 aliphatic carbocycles. The molecule has 2 aromatic carbocycles. The van der Waals surface area contributed by atoms with Gasteiger partial charge in [0.1, 0.15) is 0 Å². The van der Waals surface area contributed by atoms with E-state index in [9.17, 15) is 5.21 Å². The zero-order valence-corrected chi connectivity index (χ0v) is 23.1. The maximum atomic E-state index is 14.0. The highest BCUT2D eigenvalue weighted by atomic mass is 16.6. The van der Waals surface area contributed by atoms with E-state index in [1.165, 1.54) is 40.3 Å². The van der Waals surface area contributed by atoms with Gasteiger partial charge in [-0.3, -0.25) is 4.90 Å². The second kappa shape index (κ2) is 8.04. The summed E-state index contributed by atoms with van der Waals surface area (Å²) < 4.78 is 7.51. The van der Waals surface area contributed by atoms with Gasteiger partial charge in [0.2, 0.25) is 0 Å². The lowest BCUT2D eigenvalue weighted by molar-refractivity contribution is -0.911. The molecule has 2 bridgehead atoms. The Hall–Kier alpha value is -1.98. The number of quaternary nitrogens is 1. The summed E-state index contributed by atoms with van der Waals surface area (Å²) in [5.41, 5.74) is 4.35. The third-order valence-electron chi connectivity index (χ3n) is 12.2. The molecule has 8 rings (SSSR count). The minimum absolute atomic E-state index is 0.00358. The first-order valence-electron chi connectivity index (χ1n) is 15.2. The van der Waals surface area contributed by atoms with Crippen molar-refractivity contribution in [2.45, 2.75) is 81.5 Å². The molecule has 38 heavy (non-hydrogen) atoms. The Kier molecular flexibility index (Phi) is 5.05. The Morgan fingerprint density at radius 1 is 1.00 bits per heavy atom. The van der Waals surface area contributed by atoms with Crippen molar-refractivity contribution >= 4 is 10.8 Å². The van der Waals surface area contributed by atoms with Gasteiger partial charge < -0.3 is 14.6 Å². The van der Waals surface area contributed by atoms with Crippen LogP contribution in [0.5, 0.6) is 0 Å². The third kappa shape index (κ3) is 3.18. The van der Waals surface area contributed by atoms with Crippen molar-refractivity contribution in [3.63, 3.8) is 0 Å². The molecule has 0 amide bonds. The molecule has 6 atom stereocenters. The number of rotatable bonds is 2. The predicted molar refractivity (Wildman–Crippen MR) is 153 cm³/mol. The molecular weight excluding hydrogens is 468 g/mol. The van der Waals surface area contributed by atoms with E-state index in [1.807, 2.05) is 0 Å². The second-order valence-electron chi connectivity index (χ2n) is 13.9. The fourth-order valence-electron chi connectivity index (χ4n) is 10.0. The highest BCUT2D eigenvalue weighted by Gasteiger charge is 2.67. The number of benzene rings is 2. The molecule has 0 unspecified atom stereocenters. The fraction of sp³-hybridized carbons (Fsp3) is 0.588. The van der Waals surface area contributed by atoms with Crippen molar-refractivity contribution < 1.29 is 9.38 Å². The van der Waals surface area contributed by atoms with Crippen LogP contribution in [-0.2, 0) is 4.74 Å². The maximum Gasteiger partial charge on any atom is 0.0975 e. The van der Waals surface area contributed by atoms with Crippen molar-refractivity contribution in [2.24, 2.45) is 11.3 Å². The molecule has 4 nitrogen and oxygen atoms in total. The fourth-order valence-corrected chi connectivity index (χ4v) is 10.0. The zero-order valence-electron chi connectivity index (χ0n) is 23.1. The monoisotopic (exact) mass is 510 g/mol. The van der Waals surface area contributed by atoms with Gasteiger partial charge in [0, 0.05) is 25.9 Å². The number of hydrogen-bond acceptors (Lipinski definition) is 3. The van der Waals surface area contributed by atoms with Crippen LogP contribution in [-0.4, -0.2) is 60.0 Å². The van der Waals surface area contributed by atoms with Crippen LogP contribution in [0.2, 0.25) is 0 Å². The molecule has 4 heteroatoms. The quantitative estimate of drug-likeness (QED) is 0.333. The van der Waals surface area contributed by atoms with Gasteiger partial charge in [-0.25, -0.2) is 0 Å². The van der Waals surface area contributed by atoms with E-state index in [2.05, 4.69) is 73.5 Å². The summed E-state index contributed by atoms with van der Waals surface area (Å²) in [5, 5.41) is 16.7. The number of piperazine rings is 1. The van der Waals surface area contributed by atoms with Gasteiger partial charge in [-0.1, -0.05) is 61.5 Å². The molecule has 6 aliphatic rings. The van der Waals surface area contributed by atoms with Crippen LogP contribution in [0.3, 0.4) is 0 Å². The Morgan fingerprint density at radius 2 is 1.82 bits per heavy atom. The van der Waals surface area contributed by atoms with Crippen LogP contribution in [0.1, 0.15) is 69.8 Å². The van der Waals surface area contributed by atoms with Crippen molar-refractivity contribution in [2.75, 3.05) is 33.2 Å². The molecule has 3 aliphatic heterocycles. The lowest BCUT2D eigenvalue weighted by Crippen LogP contribution is -2.63. The lowest BCUT2D eigenvalue weighted by Gasteiger charge is -2.58. The van der Waals surface area contributed by atoms with Gasteiger partial charge in [0.25, 0.3) is 0 Å². The average molecular weight is 511 g/mol. The molecule has 0 radical (unpaired) electrons. The molecule has 4 fully saturated rings. The molecule has 2 spiro atoms. The predicted octanol–water partition coefficient (Wildman–Crippen LogP) is 6.71. The average Bonchev–Trinajstić information content (AvgIpc) is 3.45. The van der Waals surface area contributed by atoms with E-state index >= 15 is 0 Å². The van der Waals surface area contributed by atoms with E-state index in [1.54, 1.807) is 0 Å². The Bertz CT molecular complexity index is 1360. The highest BCUT2D eigenvalue weighted by molar-refractivity contribution is 5.83. The summed E-state index contributed by atoms with van der Waals surface area (Å²) in [6.45, 7) is 5.88. The van der Waals surface area contributed by atoms with Crippen LogP contribution < -0.4 is 0 Å². The lowest BCUT2D eigenvalue weighted by atomic mass is 9.58. The molecule has 200 valence electrons. The molecular formula is C34H42N2O2. The third-order valence-corrected chi connectivity index (χ3v) is 12.2. The number of ether oxygens (including phenoxy) is 1. The first-order chi connectivity index (χ1) is 18.3. The van der Waals surface area contributed by atoms with Crippen molar-refractivity contribution in [3.05, 3.63) is 76.5 Å². The number of allylic oxidation sites excluding steroid dienone is 1. The first-order valence-corrected chi connectivity index (χ1v) is 15.2. The van der Waals surface area contributed by atoms with Gasteiger partial charge in [0.15, 0.2) is 0 Å². The smallest absolute Gasteiger partial charge is 0.0975 e. The zero-order chi connectivity index (χ0) is 25.8. The normalized spacial score (nSPS) is 41.7. The topological polar surface area (TPSA) is 35.5 Å². The molecule has 0 N–H and O–H groups in total. The highest BCUT2D eigenvalue weighted by Crippen LogP contribution is 2.69. The summed E-state index contributed by atoms with van der Waals surface area (Å²) in [6.07, 6.45) is 14.0. The molecule has 3 heterocycles. The minimum Gasteiger partial charge on any atom is -0.633 e. The van der Waals surface area contributed by atoms with Crippen LogP contribution >= 0.6 is 0 Å². The summed E-state index contributed by atoms with van der Waals surface area (Å²) in [4.78, 5) is 2.31. The van der Waals surface area contributed by atoms with E-state index < -0.39 is 0 Å². The summed E-state index contributed by atoms with van der Waals surface area (Å²) in [6, 6.07) is 16.1. The maximum absolute atomic E-state index is 14.0. The van der Waals surface area contributed by atoms with Gasteiger partial charge in [-0.2, -0.15) is 0 Å². The summed E-state index contributed by atoms with van der Waals surface area (Å²) in [7, 11) is 2.15. The van der Waals surface area contributed by atoms with Crippen LogP contribution in [0.15, 0.2) is 65.8 Å². The molecule has 2 aromatic rings. The number of hydrogen-bond donors (Lipinski definition) is 0. The molecule has 2 saturated carbocycles. The largest absolute Gasteiger partial charge is 0.633 e. The van der Waals surface area contributed by atoms with E-state index in [0.717, 1.165) is 64.7 Å². The van der Waals surface area contributed by atoms with E-state index in [0.29, 0.717) is 11.8 Å². The number of hydroxylamine groups is 3. The van der Waals surface area contributed by atoms with Crippen LogP contribution in [0.25, 0.3) is 10.8 Å². The summed E-state index contributed by atoms with van der Waals surface area (Å²) in [5.74, 6) is 1.11. The van der Waals surface area contributed by atoms with Crippen LogP contribution in [0.4, 0.5) is 0 Å². The SMILES string of the molecule is CN1CC[N+]([O-])([C@@H]2CCC3=CC4=CC[C@]5(C)[C@@H](c6ccc7ccccc7c6)CC[C@H]5[C@@]45CC[C@]3(C2)O5)CC1. The van der Waals surface area contributed by atoms with Crippen molar-refractivity contribution in [1.29, 1.82) is 0 Å². The number of likely N-dealkylation sites (N-methyl/N-ethyl adjacent to an activating group) is 1. The van der Waals surface area contributed by atoms with E-state index in [4.69, 9.17) is 4.74 Å². The first kappa shape index (κ1) is 23.9. The van der Waals surface area contributed by atoms with Gasteiger partial charge in [-0.05, 0) is 90.3 Å². The number of fused-ring (bicyclic) bond motifs is 2. The van der Waals surface area contributed by atoms with E-state index in [-0.39, 0.29) is 27.3 Å². The second-order valence-corrected chi connectivity index (χ2v) is 13.9. The van der Waals surface area contributed by atoms with Gasteiger partial charge in [-0.15, -0.1) is 0 Å². The standard InChI is InChI=1S/C34H42N2O2/c1-32-14-13-28-22-27-9-10-29(36(37)19-17-35(2)18-20-36)23-33(27)15-16-34(28,38-33)31(32)12-11-30(32)26-8-7-24-5-3-4-6-25(24)21-26/h3-8,13,21-22,29-31H,9-12,14-20,23H2,1-2H3/t29-,30-,31-,32-,33-,34-/m1/s1. The number of nitrogens with zero attached hydrogens (tertiary/aromatic N) is 2. The Morgan fingerprint density at radius 3 is 2.66 bits per heavy atom. The molecule has 0 aromatic heterocycles. The van der Waals surface area contributed by atoms with Crippen molar-refractivity contribution in [1.82, 2.24) is 4.90 Å². The molecule has 2 saturated heterocycles. The minimum atomic E-state index is -0.196. The van der Waals surface area contributed by atoms with Crippen molar-refractivity contribution in [3.8, 4) is 0 Å². The Balaban J connectivity index is 1.12. The van der Waals surface area contributed by atoms with Gasteiger partial charge in [0.05, 0.1) is 30.3 Å². The summed E-state index contributed by atoms with van der Waals surface area (Å²) >= 11 is 0. The van der Waals surface area contributed by atoms with Gasteiger partial charge >= 0.3 is 0 Å².